The van der Waals surface area contributed by atoms with Crippen LogP contribution in [0.2, 0.25) is 0 Å². The molecule has 0 bridgehead atoms. The van der Waals surface area contributed by atoms with Gasteiger partial charge in [0.1, 0.15) is 0 Å². The Morgan fingerprint density at radius 1 is 1.07 bits per heavy atom. The first-order valence-electron chi connectivity index (χ1n) is 9.23. The van der Waals surface area contributed by atoms with Crippen LogP contribution in [0.3, 0.4) is 0 Å². The second-order valence-corrected chi connectivity index (χ2v) is 6.39. The van der Waals surface area contributed by atoms with Crippen LogP contribution in [0.25, 0.3) is 11.3 Å². The molecular formula is C22H23N3O3. The Bertz CT molecular complexity index is 935. The van der Waals surface area contributed by atoms with Gasteiger partial charge in [-0.2, -0.15) is 0 Å². The SMILES string of the molecule is CNC(=O)c1cccc(CNC(=O)CCCc2ncc(-c3ccccc3)o2)c1. The molecule has 1 heterocycles. The fraction of sp³-hybridized carbons (Fsp3) is 0.227. The number of nitrogens with one attached hydrogen (secondary N) is 2. The van der Waals surface area contributed by atoms with Crippen LogP contribution in [-0.4, -0.2) is 23.8 Å². The van der Waals surface area contributed by atoms with Crippen molar-refractivity contribution in [2.45, 2.75) is 25.8 Å². The Hall–Kier alpha value is -3.41. The van der Waals surface area contributed by atoms with E-state index < -0.39 is 0 Å². The van der Waals surface area contributed by atoms with Gasteiger partial charge >= 0.3 is 0 Å². The van der Waals surface area contributed by atoms with Crippen LogP contribution in [0.4, 0.5) is 0 Å². The fourth-order valence-corrected chi connectivity index (χ4v) is 2.82. The summed E-state index contributed by atoms with van der Waals surface area (Å²) in [6, 6.07) is 17.0. The first-order chi connectivity index (χ1) is 13.7. The molecule has 0 saturated carbocycles. The minimum atomic E-state index is -0.144. The highest BCUT2D eigenvalue weighted by molar-refractivity contribution is 5.94. The van der Waals surface area contributed by atoms with Crippen molar-refractivity contribution >= 4 is 11.8 Å². The first kappa shape index (κ1) is 19.4. The summed E-state index contributed by atoms with van der Waals surface area (Å²) >= 11 is 0. The fourth-order valence-electron chi connectivity index (χ4n) is 2.82. The number of rotatable bonds is 8. The Balaban J connectivity index is 1.43. The number of aryl methyl sites for hydroxylation is 1. The van der Waals surface area contributed by atoms with Crippen LogP contribution < -0.4 is 10.6 Å². The molecule has 0 spiro atoms. The molecule has 0 fully saturated rings. The van der Waals surface area contributed by atoms with Crippen LogP contribution in [0.1, 0.15) is 34.7 Å². The lowest BCUT2D eigenvalue weighted by molar-refractivity contribution is -0.121. The summed E-state index contributed by atoms with van der Waals surface area (Å²) in [7, 11) is 1.59. The largest absolute Gasteiger partial charge is 0.441 e. The third-order valence-electron chi connectivity index (χ3n) is 4.31. The molecule has 2 N–H and O–H groups in total. The van der Waals surface area contributed by atoms with E-state index in [9.17, 15) is 9.59 Å². The lowest BCUT2D eigenvalue weighted by Gasteiger charge is -2.07. The maximum absolute atomic E-state index is 12.1. The van der Waals surface area contributed by atoms with E-state index in [1.165, 1.54) is 0 Å². The number of carbonyl (C=O) groups excluding carboxylic acids is 2. The zero-order valence-electron chi connectivity index (χ0n) is 15.8. The number of aromatic nitrogens is 1. The molecule has 28 heavy (non-hydrogen) atoms. The van der Waals surface area contributed by atoms with E-state index in [1.807, 2.05) is 36.4 Å². The Kier molecular flexibility index (Phi) is 6.57. The third kappa shape index (κ3) is 5.30. The third-order valence-corrected chi connectivity index (χ3v) is 4.31. The summed E-state index contributed by atoms with van der Waals surface area (Å²) in [5.74, 6) is 1.18. The zero-order valence-corrected chi connectivity index (χ0v) is 15.8. The standard InChI is InChI=1S/C22H23N3O3/c1-23-22(27)18-10-5-7-16(13-18)14-24-20(26)11-6-12-21-25-15-19(28-21)17-8-3-2-4-9-17/h2-5,7-10,13,15H,6,11-12,14H2,1H3,(H,23,27)(H,24,26). The van der Waals surface area contributed by atoms with Gasteiger partial charge in [0, 0.05) is 37.6 Å². The van der Waals surface area contributed by atoms with Gasteiger partial charge in [-0.3, -0.25) is 9.59 Å². The summed E-state index contributed by atoms with van der Waals surface area (Å²) in [6.45, 7) is 0.390. The summed E-state index contributed by atoms with van der Waals surface area (Å²) in [6.07, 6.45) is 3.35. The molecule has 1 aromatic heterocycles. The lowest BCUT2D eigenvalue weighted by atomic mass is 10.1. The number of benzene rings is 2. The number of nitrogens with zero attached hydrogens (tertiary/aromatic N) is 1. The molecule has 0 radical (unpaired) electrons. The van der Waals surface area contributed by atoms with Crippen molar-refractivity contribution in [3.05, 3.63) is 77.8 Å². The molecule has 0 aliphatic carbocycles. The summed E-state index contributed by atoms with van der Waals surface area (Å²) in [5.41, 5.74) is 2.44. The van der Waals surface area contributed by atoms with Gasteiger partial charge < -0.3 is 15.1 Å². The van der Waals surface area contributed by atoms with Crippen molar-refractivity contribution in [3.8, 4) is 11.3 Å². The quantitative estimate of drug-likeness (QED) is 0.631. The second-order valence-electron chi connectivity index (χ2n) is 6.39. The molecule has 0 unspecified atom stereocenters. The molecule has 144 valence electrons. The minimum absolute atomic E-state index is 0.0415. The van der Waals surface area contributed by atoms with Crippen molar-refractivity contribution in [2.24, 2.45) is 0 Å². The predicted octanol–water partition coefficient (Wildman–Crippen LogP) is 3.34. The molecular weight excluding hydrogens is 354 g/mol. The molecule has 2 aromatic carbocycles. The van der Waals surface area contributed by atoms with Gasteiger partial charge in [-0.25, -0.2) is 4.98 Å². The van der Waals surface area contributed by atoms with Crippen molar-refractivity contribution in [1.82, 2.24) is 15.6 Å². The van der Waals surface area contributed by atoms with Crippen LogP contribution in [0.15, 0.2) is 65.2 Å². The number of hydrogen-bond acceptors (Lipinski definition) is 4. The van der Waals surface area contributed by atoms with Crippen molar-refractivity contribution in [1.29, 1.82) is 0 Å². The summed E-state index contributed by atoms with van der Waals surface area (Å²) in [4.78, 5) is 28.0. The monoisotopic (exact) mass is 377 g/mol. The molecule has 6 heteroatoms. The highest BCUT2D eigenvalue weighted by Gasteiger charge is 2.08. The molecule has 0 aliphatic rings. The molecule has 3 aromatic rings. The van der Waals surface area contributed by atoms with Gasteiger partial charge in [0.15, 0.2) is 11.7 Å². The van der Waals surface area contributed by atoms with Gasteiger partial charge in [-0.05, 0) is 24.1 Å². The number of amides is 2. The van der Waals surface area contributed by atoms with Crippen molar-refractivity contribution in [3.63, 3.8) is 0 Å². The smallest absolute Gasteiger partial charge is 0.251 e. The van der Waals surface area contributed by atoms with Gasteiger partial charge in [0.05, 0.1) is 6.20 Å². The van der Waals surface area contributed by atoms with Crippen molar-refractivity contribution in [2.75, 3.05) is 7.05 Å². The van der Waals surface area contributed by atoms with E-state index in [0.29, 0.717) is 37.3 Å². The average Bonchev–Trinajstić information content (AvgIpc) is 3.21. The maximum Gasteiger partial charge on any atom is 0.251 e. The molecule has 0 aliphatic heterocycles. The van der Waals surface area contributed by atoms with Gasteiger partial charge in [-0.1, -0.05) is 42.5 Å². The van der Waals surface area contributed by atoms with E-state index in [1.54, 1.807) is 31.4 Å². The molecule has 3 rings (SSSR count). The van der Waals surface area contributed by atoms with E-state index in [0.717, 1.165) is 16.9 Å². The average molecular weight is 377 g/mol. The summed E-state index contributed by atoms with van der Waals surface area (Å²) in [5, 5.41) is 5.47. The van der Waals surface area contributed by atoms with Gasteiger partial charge in [-0.15, -0.1) is 0 Å². The topological polar surface area (TPSA) is 84.2 Å². The minimum Gasteiger partial charge on any atom is -0.441 e. The van der Waals surface area contributed by atoms with Crippen LogP contribution in [0, 0.1) is 0 Å². The van der Waals surface area contributed by atoms with Gasteiger partial charge in [0.2, 0.25) is 5.91 Å². The molecule has 0 saturated heterocycles. The van der Waals surface area contributed by atoms with Crippen molar-refractivity contribution < 1.29 is 14.0 Å². The van der Waals surface area contributed by atoms with E-state index in [4.69, 9.17) is 4.42 Å². The Morgan fingerprint density at radius 2 is 1.89 bits per heavy atom. The predicted molar refractivity (Wildman–Crippen MR) is 107 cm³/mol. The Morgan fingerprint density at radius 3 is 2.68 bits per heavy atom. The maximum atomic E-state index is 12.1. The molecule has 0 atom stereocenters. The van der Waals surface area contributed by atoms with Crippen LogP contribution >= 0.6 is 0 Å². The first-order valence-corrected chi connectivity index (χ1v) is 9.23. The second kappa shape index (κ2) is 9.50. The lowest BCUT2D eigenvalue weighted by Crippen LogP contribution is -2.23. The highest BCUT2D eigenvalue weighted by Crippen LogP contribution is 2.20. The number of oxazole rings is 1. The van der Waals surface area contributed by atoms with E-state index in [2.05, 4.69) is 15.6 Å². The molecule has 6 nitrogen and oxygen atoms in total. The van der Waals surface area contributed by atoms with E-state index >= 15 is 0 Å². The molecule has 2 amide bonds. The van der Waals surface area contributed by atoms with Crippen LogP contribution in [0.5, 0.6) is 0 Å². The van der Waals surface area contributed by atoms with Crippen LogP contribution in [-0.2, 0) is 17.8 Å². The summed E-state index contributed by atoms with van der Waals surface area (Å²) < 4.78 is 5.75. The number of carbonyl (C=O) groups is 2. The van der Waals surface area contributed by atoms with E-state index in [-0.39, 0.29) is 11.8 Å². The normalized spacial score (nSPS) is 10.5. The zero-order chi connectivity index (χ0) is 19.8. The van der Waals surface area contributed by atoms with Gasteiger partial charge in [0.25, 0.3) is 5.91 Å². The Labute approximate surface area is 164 Å². The number of hydrogen-bond donors (Lipinski definition) is 2. The highest BCUT2D eigenvalue weighted by atomic mass is 16.4.